The van der Waals surface area contributed by atoms with Crippen molar-refractivity contribution >= 4 is 33.8 Å². The molecule has 0 radical (unpaired) electrons. The number of carbonyl (C=O) groups excluding carboxylic acids is 1. The first-order valence-electron chi connectivity index (χ1n) is 17.2. The maximum atomic E-state index is 13.5. The molecular formula is C36H58ClN5O4S. The van der Waals surface area contributed by atoms with Gasteiger partial charge >= 0.3 is 0 Å². The van der Waals surface area contributed by atoms with Gasteiger partial charge in [-0.15, -0.1) is 10.2 Å². The van der Waals surface area contributed by atoms with E-state index in [0.717, 1.165) is 36.9 Å². The van der Waals surface area contributed by atoms with Crippen molar-refractivity contribution in [2.75, 3.05) is 0 Å². The SMILES string of the molecule is CCCCCCCCCCC(Oc1ccc(C(C)(C)CC(C)(C)C)cc1OS(=O)NC(C)c1nnc2cc(C(C)(C)C)[nH]n12)C(=O)Cl. The predicted molar refractivity (Wildman–Crippen MR) is 192 cm³/mol. The zero-order valence-corrected chi connectivity index (χ0v) is 31.9. The zero-order valence-electron chi connectivity index (χ0n) is 30.3. The Morgan fingerprint density at radius 1 is 0.957 bits per heavy atom. The molecule has 264 valence electrons. The van der Waals surface area contributed by atoms with Gasteiger partial charge in [0.1, 0.15) is 0 Å². The second-order valence-electron chi connectivity index (χ2n) is 15.8. The number of rotatable bonds is 19. The molecule has 0 aliphatic carbocycles. The molecule has 0 spiro atoms. The summed E-state index contributed by atoms with van der Waals surface area (Å²) < 4.78 is 30.5. The van der Waals surface area contributed by atoms with Crippen LogP contribution in [-0.2, 0) is 26.9 Å². The summed E-state index contributed by atoms with van der Waals surface area (Å²) in [6.45, 7) is 21.4. The lowest BCUT2D eigenvalue weighted by molar-refractivity contribution is -0.118. The zero-order chi connectivity index (χ0) is 35.0. The Labute approximate surface area is 290 Å². The van der Waals surface area contributed by atoms with E-state index in [2.05, 4.69) is 82.3 Å². The Bertz CT molecular complexity index is 1470. The van der Waals surface area contributed by atoms with Gasteiger partial charge in [0.05, 0.1) is 6.04 Å². The number of halogens is 1. The van der Waals surface area contributed by atoms with Crippen LogP contribution in [0.3, 0.4) is 0 Å². The molecule has 0 aliphatic rings. The van der Waals surface area contributed by atoms with Crippen LogP contribution in [0.15, 0.2) is 24.3 Å². The highest BCUT2D eigenvalue weighted by molar-refractivity contribution is 7.78. The highest BCUT2D eigenvalue weighted by Gasteiger charge is 2.30. The molecule has 47 heavy (non-hydrogen) atoms. The molecule has 3 aromatic rings. The van der Waals surface area contributed by atoms with Gasteiger partial charge in [0.2, 0.25) is 0 Å². The number of nitrogens with one attached hydrogen (secondary N) is 2. The van der Waals surface area contributed by atoms with Crippen LogP contribution in [0.1, 0.15) is 157 Å². The molecule has 0 amide bonds. The molecule has 0 saturated carbocycles. The number of unbranched alkanes of at least 4 members (excludes halogenated alkanes) is 7. The van der Waals surface area contributed by atoms with Gasteiger partial charge in [-0.25, -0.2) is 4.52 Å². The second kappa shape index (κ2) is 16.8. The minimum Gasteiger partial charge on any atom is -0.477 e. The Balaban J connectivity index is 1.79. The highest BCUT2D eigenvalue weighted by Crippen LogP contribution is 2.40. The van der Waals surface area contributed by atoms with E-state index < -0.39 is 28.7 Å². The number of benzene rings is 1. The molecule has 0 fully saturated rings. The lowest BCUT2D eigenvalue weighted by Crippen LogP contribution is -2.28. The number of nitrogens with zero attached hydrogens (tertiary/aromatic N) is 3. The molecule has 9 nitrogen and oxygen atoms in total. The third-order valence-electron chi connectivity index (χ3n) is 8.39. The first-order chi connectivity index (χ1) is 21.9. The number of H-pyrrole nitrogens is 1. The van der Waals surface area contributed by atoms with Gasteiger partial charge in [0.15, 0.2) is 29.1 Å². The number of fused-ring (bicyclic) bond motifs is 1. The van der Waals surface area contributed by atoms with Crippen molar-refractivity contribution in [2.45, 2.75) is 156 Å². The Kier molecular flexibility index (Phi) is 13.9. The van der Waals surface area contributed by atoms with Crippen LogP contribution in [-0.4, -0.2) is 35.4 Å². The van der Waals surface area contributed by atoms with Gasteiger partial charge in [-0.3, -0.25) is 9.89 Å². The van der Waals surface area contributed by atoms with Crippen LogP contribution in [0.2, 0.25) is 0 Å². The van der Waals surface area contributed by atoms with Crippen molar-refractivity contribution in [3.8, 4) is 11.5 Å². The summed E-state index contributed by atoms with van der Waals surface area (Å²) in [6, 6.07) is 7.15. The minimum absolute atomic E-state index is 0.0832. The minimum atomic E-state index is -1.98. The summed E-state index contributed by atoms with van der Waals surface area (Å²) in [7, 11) is 0. The van der Waals surface area contributed by atoms with E-state index in [4.69, 9.17) is 20.5 Å². The Hall–Kier alpha value is -2.43. The summed E-state index contributed by atoms with van der Waals surface area (Å²) in [4.78, 5) is 12.5. The summed E-state index contributed by atoms with van der Waals surface area (Å²) in [5, 5.41) is 11.4. The van der Waals surface area contributed by atoms with E-state index in [1.54, 1.807) is 10.6 Å². The van der Waals surface area contributed by atoms with E-state index >= 15 is 0 Å². The number of aromatic nitrogens is 4. The molecule has 2 aromatic heterocycles. The first-order valence-corrected chi connectivity index (χ1v) is 18.7. The van der Waals surface area contributed by atoms with Gasteiger partial charge < -0.3 is 8.92 Å². The Morgan fingerprint density at radius 2 is 1.60 bits per heavy atom. The van der Waals surface area contributed by atoms with Crippen molar-refractivity contribution in [1.82, 2.24) is 24.5 Å². The average molecular weight is 692 g/mol. The van der Waals surface area contributed by atoms with E-state index in [9.17, 15) is 9.00 Å². The quantitative estimate of drug-likeness (QED) is 0.0957. The molecular weight excluding hydrogens is 634 g/mol. The maximum absolute atomic E-state index is 13.5. The molecule has 3 atom stereocenters. The summed E-state index contributed by atoms with van der Waals surface area (Å²) >= 11 is 4.05. The lowest BCUT2D eigenvalue weighted by atomic mass is 9.72. The van der Waals surface area contributed by atoms with Crippen LogP contribution >= 0.6 is 11.6 Å². The molecule has 3 unspecified atom stereocenters. The summed E-state index contributed by atoms with van der Waals surface area (Å²) in [6.07, 6.45) is 9.78. The van der Waals surface area contributed by atoms with Crippen molar-refractivity contribution in [3.63, 3.8) is 0 Å². The van der Waals surface area contributed by atoms with Gasteiger partial charge in [-0.05, 0) is 66.3 Å². The van der Waals surface area contributed by atoms with Crippen molar-refractivity contribution in [2.24, 2.45) is 5.41 Å². The third-order valence-corrected chi connectivity index (χ3v) is 9.51. The fraction of sp³-hybridized carbons (Fsp3) is 0.694. The van der Waals surface area contributed by atoms with Crippen LogP contribution in [0, 0.1) is 5.41 Å². The Morgan fingerprint density at radius 3 is 2.19 bits per heavy atom. The van der Waals surface area contributed by atoms with E-state index in [1.165, 1.54) is 32.1 Å². The smallest absolute Gasteiger partial charge is 0.288 e. The van der Waals surface area contributed by atoms with Crippen LogP contribution in [0.5, 0.6) is 11.5 Å². The van der Waals surface area contributed by atoms with Gasteiger partial charge in [-0.1, -0.05) is 113 Å². The maximum Gasteiger partial charge on any atom is 0.288 e. The monoisotopic (exact) mass is 691 g/mol. The largest absolute Gasteiger partial charge is 0.477 e. The molecule has 0 saturated heterocycles. The van der Waals surface area contributed by atoms with Gasteiger partial charge in [0.25, 0.3) is 16.5 Å². The standard InChI is InChI=1S/C36H58ClN5O4S/c1-11-12-13-14-15-16-17-18-19-28(32(37)43)45-27-21-20-26(36(9,10)24-34(3,4)5)22-29(27)46-47(44)41-25(2)33-39-38-31-23-30(35(6,7)8)40-42(31)33/h20-23,25,28,40-41H,11-19,24H2,1-10H3. The average Bonchev–Trinajstić information content (AvgIpc) is 3.54. The topological polar surface area (TPSA) is 111 Å². The molecule has 3 rings (SSSR count). The third kappa shape index (κ3) is 11.9. The van der Waals surface area contributed by atoms with Crippen LogP contribution < -0.4 is 13.6 Å². The van der Waals surface area contributed by atoms with Crippen molar-refractivity contribution in [1.29, 1.82) is 0 Å². The molecule has 1 aromatic carbocycles. The number of ether oxygens (including phenoxy) is 1. The summed E-state index contributed by atoms with van der Waals surface area (Å²) in [5.74, 6) is 1.18. The fourth-order valence-corrected chi connectivity index (χ4v) is 7.01. The number of hydrogen-bond acceptors (Lipinski definition) is 6. The number of carbonyl (C=O) groups is 1. The first kappa shape index (κ1) is 39.0. The molecule has 11 heteroatoms. The van der Waals surface area contributed by atoms with Crippen LogP contribution in [0.4, 0.5) is 0 Å². The highest BCUT2D eigenvalue weighted by atomic mass is 35.5. The summed E-state index contributed by atoms with van der Waals surface area (Å²) in [5.41, 5.74) is 2.49. The van der Waals surface area contributed by atoms with E-state index in [0.29, 0.717) is 23.6 Å². The van der Waals surface area contributed by atoms with E-state index in [1.807, 2.05) is 25.1 Å². The molecule has 2 N–H and O–H groups in total. The van der Waals surface area contributed by atoms with Crippen molar-refractivity contribution in [3.05, 3.63) is 41.3 Å². The predicted octanol–water partition coefficient (Wildman–Crippen LogP) is 9.42. The molecule has 0 aliphatic heterocycles. The number of aromatic amines is 1. The van der Waals surface area contributed by atoms with Gasteiger partial charge in [0, 0.05) is 17.2 Å². The molecule has 0 bridgehead atoms. The van der Waals surface area contributed by atoms with Crippen molar-refractivity contribution < 1.29 is 17.9 Å². The van der Waals surface area contributed by atoms with Gasteiger partial charge in [-0.2, -0.15) is 8.93 Å². The number of hydrogen-bond donors (Lipinski definition) is 2. The van der Waals surface area contributed by atoms with E-state index in [-0.39, 0.29) is 22.0 Å². The fourth-order valence-electron chi connectivity index (χ4n) is 6.12. The molecule has 2 heterocycles. The normalized spacial score (nSPS) is 14.7. The van der Waals surface area contributed by atoms with Crippen LogP contribution in [0.25, 0.3) is 5.65 Å². The second-order valence-corrected chi connectivity index (χ2v) is 17.0. The lowest BCUT2D eigenvalue weighted by Gasteiger charge is -2.33.